The van der Waals surface area contributed by atoms with Crippen molar-refractivity contribution in [3.05, 3.63) is 42.1 Å². The van der Waals surface area contributed by atoms with Crippen molar-refractivity contribution in [3.63, 3.8) is 0 Å². The molecule has 1 aromatic carbocycles. The van der Waals surface area contributed by atoms with E-state index in [1.54, 1.807) is 0 Å². The Morgan fingerprint density at radius 2 is 1.90 bits per heavy atom. The molecule has 6 nitrogen and oxygen atoms in total. The van der Waals surface area contributed by atoms with Gasteiger partial charge in [0.25, 0.3) is 0 Å². The number of rotatable bonds is 11. The molecule has 7 heteroatoms. The average Bonchev–Trinajstić information content (AvgIpc) is 3.19. The molecule has 2 N–H and O–H groups in total. The smallest absolute Gasteiger partial charge is 0.191 e. The molecule has 2 aromatic rings. The maximum atomic E-state index is 5.46. The van der Waals surface area contributed by atoms with E-state index in [0.717, 1.165) is 55.6 Å². The van der Waals surface area contributed by atoms with E-state index in [9.17, 15) is 0 Å². The molecule has 0 radical (unpaired) electrons. The fraction of sp³-hybridized carbons (Fsp3) is 0.545. The summed E-state index contributed by atoms with van der Waals surface area (Å²) < 4.78 is 5.46. The van der Waals surface area contributed by atoms with Crippen LogP contribution in [0.15, 0.2) is 45.9 Å². The molecule has 0 aliphatic carbocycles. The summed E-state index contributed by atoms with van der Waals surface area (Å²) >= 11 is 0. The van der Waals surface area contributed by atoms with E-state index in [1.807, 2.05) is 36.4 Å². The van der Waals surface area contributed by atoms with Crippen LogP contribution in [-0.4, -0.2) is 48.2 Å². The Bertz CT molecular complexity index is 700. The second kappa shape index (κ2) is 14.4. The average molecular weight is 513 g/mol. The highest BCUT2D eigenvalue weighted by Crippen LogP contribution is 2.19. The SMILES string of the molecule is CCNC(=NCc1cc(-c2ccccc2)on1)NC(C)CCCN(CC)CC.I. The second-order valence-corrected chi connectivity index (χ2v) is 6.96. The number of hydrogen-bond acceptors (Lipinski definition) is 4. The molecule has 0 saturated carbocycles. The minimum atomic E-state index is 0. The van der Waals surface area contributed by atoms with E-state index in [-0.39, 0.29) is 24.0 Å². The van der Waals surface area contributed by atoms with Crippen molar-refractivity contribution >= 4 is 29.9 Å². The zero-order chi connectivity index (χ0) is 20.2. The maximum absolute atomic E-state index is 5.46. The van der Waals surface area contributed by atoms with Crippen molar-refractivity contribution in [3.8, 4) is 11.3 Å². The Balaban J connectivity index is 0.00000420. The van der Waals surface area contributed by atoms with Crippen LogP contribution >= 0.6 is 24.0 Å². The summed E-state index contributed by atoms with van der Waals surface area (Å²) in [4.78, 5) is 7.13. The predicted molar refractivity (Wildman–Crippen MR) is 132 cm³/mol. The first-order valence-corrected chi connectivity index (χ1v) is 10.4. The highest BCUT2D eigenvalue weighted by Gasteiger charge is 2.09. The topological polar surface area (TPSA) is 65.7 Å². The zero-order valence-corrected chi connectivity index (χ0v) is 20.5. The number of guanidine groups is 1. The van der Waals surface area contributed by atoms with Crippen molar-refractivity contribution in [2.24, 2.45) is 4.99 Å². The molecule has 0 spiro atoms. The van der Waals surface area contributed by atoms with Crippen LogP contribution in [0.5, 0.6) is 0 Å². The van der Waals surface area contributed by atoms with Gasteiger partial charge >= 0.3 is 0 Å². The fourth-order valence-corrected chi connectivity index (χ4v) is 3.07. The van der Waals surface area contributed by atoms with Gasteiger partial charge in [-0.25, -0.2) is 4.99 Å². The Kier molecular flexibility index (Phi) is 12.6. The van der Waals surface area contributed by atoms with Gasteiger partial charge in [0.1, 0.15) is 5.69 Å². The van der Waals surface area contributed by atoms with Crippen LogP contribution in [0, 0.1) is 0 Å². The van der Waals surface area contributed by atoms with E-state index in [1.165, 1.54) is 6.42 Å². The summed E-state index contributed by atoms with van der Waals surface area (Å²) in [6, 6.07) is 12.3. The first kappa shape index (κ1) is 25.4. The summed E-state index contributed by atoms with van der Waals surface area (Å²) in [6.45, 7) is 13.4. The normalized spacial score (nSPS) is 12.5. The summed E-state index contributed by atoms with van der Waals surface area (Å²) in [6.07, 6.45) is 2.29. The molecular weight excluding hydrogens is 477 g/mol. The third kappa shape index (κ3) is 9.16. The van der Waals surface area contributed by atoms with Gasteiger partial charge in [0.2, 0.25) is 0 Å². The number of hydrogen-bond donors (Lipinski definition) is 2. The molecule has 0 amide bonds. The van der Waals surface area contributed by atoms with Gasteiger partial charge in [-0.15, -0.1) is 24.0 Å². The number of aromatic nitrogens is 1. The van der Waals surface area contributed by atoms with Crippen molar-refractivity contribution in [1.82, 2.24) is 20.7 Å². The van der Waals surface area contributed by atoms with Crippen LogP contribution in [0.3, 0.4) is 0 Å². The summed E-state index contributed by atoms with van der Waals surface area (Å²) in [5.41, 5.74) is 1.85. The minimum absolute atomic E-state index is 0. The lowest BCUT2D eigenvalue weighted by Crippen LogP contribution is -2.42. The molecule has 29 heavy (non-hydrogen) atoms. The summed E-state index contributed by atoms with van der Waals surface area (Å²) in [5, 5.41) is 11.0. The van der Waals surface area contributed by atoms with Gasteiger partial charge in [0, 0.05) is 24.2 Å². The number of halogens is 1. The molecule has 0 aliphatic heterocycles. The van der Waals surface area contributed by atoms with Crippen molar-refractivity contribution in [1.29, 1.82) is 0 Å². The monoisotopic (exact) mass is 513 g/mol. The summed E-state index contributed by atoms with van der Waals surface area (Å²) in [7, 11) is 0. The molecule has 0 saturated heterocycles. The zero-order valence-electron chi connectivity index (χ0n) is 18.1. The molecule has 162 valence electrons. The quantitative estimate of drug-likeness (QED) is 0.263. The van der Waals surface area contributed by atoms with Gasteiger partial charge in [-0.1, -0.05) is 49.3 Å². The van der Waals surface area contributed by atoms with Gasteiger partial charge in [-0.3, -0.25) is 0 Å². The molecule has 1 aromatic heterocycles. The van der Waals surface area contributed by atoms with Gasteiger partial charge in [0.15, 0.2) is 11.7 Å². The van der Waals surface area contributed by atoms with Gasteiger partial charge in [-0.05, 0) is 46.3 Å². The highest BCUT2D eigenvalue weighted by molar-refractivity contribution is 14.0. The Morgan fingerprint density at radius 3 is 2.55 bits per heavy atom. The lowest BCUT2D eigenvalue weighted by atomic mass is 10.1. The first-order valence-electron chi connectivity index (χ1n) is 10.4. The first-order chi connectivity index (χ1) is 13.7. The van der Waals surface area contributed by atoms with Crippen LogP contribution in [-0.2, 0) is 6.54 Å². The molecule has 1 unspecified atom stereocenters. The minimum Gasteiger partial charge on any atom is -0.357 e. The van der Waals surface area contributed by atoms with E-state index in [4.69, 9.17) is 4.52 Å². The van der Waals surface area contributed by atoms with E-state index >= 15 is 0 Å². The molecule has 1 heterocycles. The standard InChI is InChI=1S/C22H35N5O.HI/c1-5-23-22(25-18(4)12-11-15-27(6-2)7-3)24-17-20-16-21(28-26-20)19-13-9-8-10-14-19;/h8-10,13-14,16,18H,5-7,11-12,15,17H2,1-4H3,(H2,23,24,25);1H. The summed E-state index contributed by atoms with van der Waals surface area (Å²) in [5.74, 6) is 1.59. The van der Waals surface area contributed by atoms with Gasteiger partial charge < -0.3 is 20.1 Å². The molecule has 0 fully saturated rings. The Morgan fingerprint density at radius 1 is 1.17 bits per heavy atom. The second-order valence-electron chi connectivity index (χ2n) is 6.96. The van der Waals surface area contributed by atoms with E-state index in [2.05, 4.69) is 53.4 Å². The van der Waals surface area contributed by atoms with Gasteiger partial charge in [0.05, 0.1) is 6.54 Å². The molecular formula is C22H36IN5O. The Labute approximate surface area is 192 Å². The number of aliphatic imine (C=N–C) groups is 1. The molecule has 0 aliphatic rings. The van der Waals surface area contributed by atoms with Crippen LogP contribution in [0.25, 0.3) is 11.3 Å². The third-order valence-corrected chi connectivity index (χ3v) is 4.75. The van der Waals surface area contributed by atoms with E-state index in [0.29, 0.717) is 12.6 Å². The van der Waals surface area contributed by atoms with Crippen molar-refractivity contribution in [2.75, 3.05) is 26.2 Å². The number of benzene rings is 1. The molecule has 2 rings (SSSR count). The number of nitrogens with zero attached hydrogens (tertiary/aromatic N) is 3. The van der Waals surface area contributed by atoms with Gasteiger partial charge in [-0.2, -0.15) is 0 Å². The molecule has 1 atom stereocenters. The van der Waals surface area contributed by atoms with E-state index < -0.39 is 0 Å². The maximum Gasteiger partial charge on any atom is 0.191 e. The largest absolute Gasteiger partial charge is 0.357 e. The predicted octanol–water partition coefficient (Wildman–Crippen LogP) is 4.53. The lowest BCUT2D eigenvalue weighted by Gasteiger charge is -2.21. The molecule has 0 bridgehead atoms. The van der Waals surface area contributed by atoms with Crippen LogP contribution in [0.2, 0.25) is 0 Å². The van der Waals surface area contributed by atoms with Crippen LogP contribution < -0.4 is 10.6 Å². The third-order valence-electron chi connectivity index (χ3n) is 4.75. The fourth-order valence-electron chi connectivity index (χ4n) is 3.07. The highest BCUT2D eigenvalue weighted by atomic mass is 127. The number of nitrogens with one attached hydrogen (secondary N) is 2. The Hall–Kier alpha value is -1.61. The van der Waals surface area contributed by atoms with Crippen LogP contribution in [0.4, 0.5) is 0 Å². The van der Waals surface area contributed by atoms with Crippen molar-refractivity contribution < 1.29 is 4.52 Å². The van der Waals surface area contributed by atoms with Crippen molar-refractivity contribution in [2.45, 2.75) is 53.1 Å². The van der Waals surface area contributed by atoms with Crippen LogP contribution in [0.1, 0.15) is 46.2 Å². The lowest BCUT2D eigenvalue weighted by molar-refractivity contribution is 0.292.